The van der Waals surface area contributed by atoms with Gasteiger partial charge < -0.3 is 9.80 Å². The van der Waals surface area contributed by atoms with Crippen molar-refractivity contribution in [2.45, 2.75) is 6.42 Å². The van der Waals surface area contributed by atoms with Crippen molar-refractivity contribution in [3.63, 3.8) is 0 Å². The average molecular weight is 410 g/mol. The molecule has 1 amide bonds. The van der Waals surface area contributed by atoms with Crippen molar-refractivity contribution in [2.75, 3.05) is 31.1 Å². The van der Waals surface area contributed by atoms with Crippen LogP contribution in [0.25, 0.3) is 10.8 Å². The largest absolute Gasteiger partial charge is 0.368 e. The summed E-state index contributed by atoms with van der Waals surface area (Å²) < 4.78 is 1.04. The molecule has 4 rings (SSSR count). The van der Waals surface area contributed by atoms with Gasteiger partial charge in [-0.05, 0) is 41.3 Å². The van der Waals surface area contributed by atoms with E-state index in [0.29, 0.717) is 6.42 Å². The molecule has 2 heterocycles. The molecule has 0 bridgehead atoms. The maximum Gasteiger partial charge on any atom is 0.227 e. The van der Waals surface area contributed by atoms with Crippen LogP contribution in [0.5, 0.6) is 0 Å². The Balaban J connectivity index is 1.38. The standard InChI is InChI=1S/C21H20BrN3O/c22-19-4-1-16(2-5-19)13-21(26)25-11-9-24(10-12-25)20-6-3-18-15-23-8-7-17(18)14-20/h1-8,14-15H,9-13H2. The molecule has 0 atom stereocenters. The lowest BCUT2D eigenvalue weighted by Crippen LogP contribution is -2.49. The van der Waals surface area contributed by atoms with Crippen molar-refractivity contribution >= 4 is 38.3 Å². The molecule has 2 aromatic carbocycles. The molecule has 1 aromatic heterocycles. The predicted octanol–water partition coefficient (Wildman–Crippen LogP) is 3.89. The number of benzene rings is 2. The highest BCUT2D eigenvalue weighted by Gasteiger charge is 2.21. The fraction of sp³-hybridized carbons (Fsp3) is 0.238. The van der Waals surface area contributed by atoms with Gasteiger partial charge in [-0.1, -0.05) is 34.1 Å². The van der Waals surface area contributed by atoms with Crippen molar-refractivity contribution < 1.29 is 4.79 Å². The van der Waals surface area contributed by atoms with Gasteiger partial charge in [-0.2, -0.15) is 0 Å². The number of hydrogen-bond donors (Lipinski definition) is 0. The SMILES string of the molecule is O=C(Cc1ccc(Br)cc1)N1CCN(c2ccc3cnccc3c2)CC1. The summed E-state index contributed by atoms with van der Waals surface area (Å²) in [7, 11) is 0. The average Bonchev–Trinajstić information content (AvgIpc) is 2.69. The highest BCUT2D eigenvalue weighted by molar-refractivity contribution is 9.10. The summed E-state index contributed by atoms with van der Waals surface area (Å²) in [6.45, 7) is 3.26. The fourth-order valence-electron chi connectivity index (χ4n) is 3.37. The smallest absolute Gasteiger partial charge is 0.227 e. The minimum absolute atomic E-state index is 0.205. The van der Waals surface area contributed by atoms with E-state index in [1.807, 2.05) is 47.6 Å². The van der Waals surface area contributed by atoms with Crippen LogP contribution in [0.2, 0.25) is 0 Å². The lowest BCUT2D eigenvalue weighted by atomic mass is 10.1. The Labute approximate surface area is 161 Å². The number of halogens is 1. The predicted molar refractivity (Wildman–Crippen MR) is 108 cm³/mol. The Morgan fingerprint density at radius 3 is 2.50 bits per heavy atom. The van der Waals surface area contributed by atoms with Crippen LogP contribution in [0, 0.1) is 0 Å². The van der Waals surface area contributed by atoms with E-state index in [1.165, 1.54) is 11.1 Å². The first kappa shape index (κ1) is 17.0. The second-order valence-corrected chi connectivity index (χ2v) is 7.49. The van der Waals surface area contributed by atoms with Crippen LogP contribution in [0.15, 0.2) is 65.4 Å². The lowest BCUT2D eigenvalue weighted by Gasteiger charge is -2.36. The first-order valence-corrected chi connectivity index (χ1v) is 9.59. The number of aromatic nitrogens is 1. The quantitative estimate of drug-likeness (QED) is 0.658. The topological polar surface area (TPSA) is 36.4 Å². The van der Waals surface area contributed by atoms with E-state index in [-0.39, 0.29) is 5.91 Å². The summed E-state index contributed by atoms with van der Waals surface area (Å²) in [6.07, 6.45) is 4.18. The number of amides is 1. The number of carbonyl (C=O) groups excluding carboxylic acids is 1. The van der Waals surface area contributed by atoms with E-state index in [9.17, 15) is 4.79 Å². The monoisotopic (exact) mass is 409 g/mol. The Kier molecular flexibility index (Phi) is 4.89. The molecule has 0 N–H and O–H groups in total. The van der Waals surface area contributed by atoms with Crippen molar-refractivity contribution in [1.82, 2.24) is 9.88 Å². The molecular weight excluding hydrogens is 390 g/mol. The molecule has 5 heteroatoms. The van der Waals surface area contributed by atoms with Crippen LogP contribution in [-0.4, -0.2) is 42.0 Å². The molecule has 0 saturated carbocycles. The molecule has 0 radical (unpaired) electrons. The number of rotatable bonds is 3. The number of carbonyl (C=O) groups is 1. The summed E-state index contributed by atoms with van der Waals surface area (Å²) in [5.41, 5.74) is 2.27. The van der Waals surface area contributed by atoms with Gasteiger partial charge in [-0.15, -0.1) is 0 Å². The van der Waals surface area contributed by atoms with Gasteiger partial charge in [-0.3, -0.25) is 9.78 Å². The van der Waals surface area contributed by atoms with Gasteiger partial charge in [0.25, 0.3) is 0 Å². The van der Waals surface area contributed by atoms with Crippen molar-refractivity contribution in [3.8, 4) is 0 Å². The molecule has 0 unspecified atom stereocenters. The fourth-order valence-corrected chi connectivity index (χ4v) is 3.63. The zero-order valence-electron chi connectivity index (χ0n) is 14.4. The molecule has 0 spiro atoms. The summed E-state index contributed by atoms with van der Waals surface area (Å²) in [4.78, 5) is 21.0. The highest BCUT2D eigenvalue weighted by atomic mass is 79.9. The van der Waals surface area contributed by atoms with Gasteiger partial charge >= 0.3 is 0 Å². The van der Waals surface area contributed by atoms with E-state index >= 15 is 0 Å². The van der Waals surface area contributed by atoms with Crippen molar-refractivity contribution in [2.24, 2.45) is 0 Å². The maximum absolute atomic E-state index is 12.6. The van der Waals surface area contributed by atoms with E-state index in [4.69, 9.17) is 0 Å². The maximum atomic E-state index is 12.6. The van der Waals surface area contributed by atoms with Crippen LogP contribution in [0.3, 0.4) is 0 Å². The molecule has 132 valence electrons. The van der Waals surface area contributed by atoms with E-state index < -0.39 is 0 Å². The van der Waals surface area contributed by atoms with Gasteiger partial charge in [0.15, 0.2) is 0 Å². The molecule has 26 heavy (non-hydrogen) atoms. The van der Waals surface area contributed by atoms with E-state index in [2.05, 4.69) is 44.0 Å². The van der Waals surface area contributed by atoms with Gasteiger partial charge in [0.05, 0.1) is 6.42 Å². The highest BCUT2D eigenvalue weighted by Crippen LogP contribution is 2.23. The summed E-state index contributed by atoms with van der Waals surface area (Å²) >= 11 is 3.43. The van der Waals surface area contributed by atoms with Crippen LogP contribution in [0.1, 0.15) is 5.56 Å². The molecule has 4 nitrogen and oxygen atoms in total. The third kappa shape index (κ3) is 3.73. The minimum atomic E-state index is 0.205. The van der Waals surface area contributed by atoms with Crippen LogP contribution in [0.4, 0.5) is 5.69 Å². The Bertz CT molecular complexity index is 918. The number of hydrogen-bond acceptors (Lipinski definition) is 3. The minimum Gasteiger partial charge on any atom is -0.368 e. The number of anilines is 1. The molecule has 0 aliphatic carbocycles. The molecule has 1 saturated heterocycles. The zero-order chi connectivity index (χ0) is 17.9. The molecule has 1 aliphatic heterocycles. The molecule has 1 fully saturated rings. The number of fused-ring (bicyclic) bond motifs is 1. The second-order valence-electron chi connectivity index (χ2n) is 6.58. The normalized spacial score (nSPS) is 14.7. The van der Waals surface area contributed by atoms with E-state index in [1.54, 1.807) is 0 Å². The Morgan fingerprint density at radius 2 is 1.73 bits per heavy atom. The van der Waals surface area contributed by atoms with Crippen molar-refractivity contribution in [1.29, 1.82) is 0 Å². The van der Waals surface area contributed by atoms with Crippen molar-refractivity contribution in [3.05, 3.63) is 71.0 Å². The van der Waals surface area contributed by atoms with Crippen LogP contribution in [-0.2, 0) is 11.2 Å². The Hall–Kier alpha value is -2.40. The van der Waals surface area contributed by atoms with Crippen LogP contribution >= 0.6 is 15.9 Å². The van der Waals surface area contributed by atoms with Gasteiger partial charge in [0, 0.05) is 54.1 Å². The van der Waals surface area contributed by atoms with Crippen LogP contribution < -0.4 is 4.90 Å². The third-order valence-electron chi connectivity index (χ3n) is 4.89. The molecular formula is C21H20BrN3O. The van der Waals surface area contributed by atoms with Gasteiger partial charge in [-0.25, -0.2) is 0 Å². The number of piperazine rings is 1. The number of nitrogens with zero attached hydrogens (tertiary/aromatic N) is 3. The summed E-state index contributed by atoms with van der Waals surface area (Å²) in [6, 6.07) is 16.5. The van der Waals surface area contributed by atoms with Gasteiger partial charge in [0.1, 0.15) is 0 Å². The van der Waals surface area contributed by atoms with Gasteiger partial charge in [0.2, 0.25) is 5.91 Å². The second kappa shape index (κ2) is 7.46. The number of pyridine rings is 1. The molecule has 3 aromatic rings. The first-order chi connectivity index (χ1) is 12.7. The van der Waals surface area contributed by atoms with E-state index in [0.717, 1.165) is 41.6 Å². The molecule has 1 aliphatic rings. The third-order valence-corrected chi connectivity index (χ3v) is 5.42. The lowest BCUT2D eigenvalue weighted by molar-refractivity contribution is -0.130. The zero-order valence-corrected chi connectivity index (χ0v) is 16.0. The Morgan fingerprint density at radius 1 is 0.962 bits per heavy atom. The summed E-state index contributed by atoms with van der Waals surface area (Å²) in [5, 5.41) is 2.35. The summed E-state index contributed by atoms with van der Waals surface area (Å²) in [5.74, 6) is 0.205. The first-order valence-electron chi connectivity index (χ1n) is 8.80.